The first-order valence-electron chi connectivity index (χ1n) is 6.26. The Morgan fingerprint density at radius 2 is 1.95 bits per heavy atom. The van der Waals surface area contributed by atoms with E-state index in [4.69, 9.17) is 10.2 Å². The van der Waals surface area contributed by atoms with Crippen molar-refractivity contribution in [2.45, 2.75) is 49.3 Å². The fourth-order valence-electron chi connectivity index (χ4n) is 2.13. The Morgan fingerprint density at radius 3 is 2.36 bits per heavy atom. The van der Waals surface area contributed by atoms with Gasteiger partial charge in [-0.1, -0.05) is 0 Å². The van der Waals surface area contributed by atoms with E-state index >= 15 is 0 Å². The van der Waals surface area contributed by atoms with E-state index in [1.54, 1.807) is 0 Å². The zero-order valence-corrected chi connectivity index (χ0v) is 11.5. The second-order valence-electron chi connectivity index (χ2n) is 4.94. The summed E-state index contributed by atoms with van der Waals surface area (Å²) in [6.45, 7) is 0.0400. The topological polar surface area (TPSA) is 177 Å². The standard InChI is InChI=1S/C11H18FNO9/c1-3(15)13-5-7(18)9(12)11(21,10(19)20)22-8(5)6(17)4(16)2-14/h4-9,14,16-18,21H,2H2,1H3,(H,13,15)(H,19,20)/t4-,5-,6-,7?,8?,9+,11+/m1/s1. The molecule has 1 aliphatic rings. The van der Waals surface area contributed by atoms with Gasteiger partial charge in [0.2, 0.25) is 5.91 Å². The number of ether oxygens (including phenoxy) is 1. The molecule has 1 saturated heterocycles. The lowest BCUT2D eigenvalue weighted by atomic mass is 9.87. The molecule has 0 aromatic carbocycles. The van der Waals surface area contributed by atoms with Crippen LogP contribution < -0.4 is 5.32 Å². The number of carboxylic acids is 1. The number of hydrogen-bond acceptors (Lipinski definition) is 8. The van der Waals surface area contributed by atoms with Crippen molar-refractivity contribution in [1.29, 1.82) is 0 Å². The highest BCUT2D eigenvalue weighted by Crippen LogP contribution is 2.32. The summed E-state index contributed by atoms with van der Waals surface area (Å²) in [6.07, 6.45) is -10.8. The molecule has 0 aromatic rings. The minimum Gasteiger partial charge on any atom is -0.477 e. The number of carbonyl (C=O) groups excluding carboxylic acids is 1. The maximum atomic E-state index is 13.9. The number of aliphatic hydroxyl groups excluding tert-OH is 4. The third kappa shape index (κ3) is 3.34. The molecule has 2 unspecified atom stereocenters. The quantitative estimate of drug-likeness (QED) is 0.266. The number of carboxylic acid groups (broad SMARTS) is 1. The van der Waals surface area contributed by atoms with Gasteiger partial charge in [-0.3, -0.25) is 4.79 Å². The number of amides is 1. The molecule has 11 heteroatoms. The van der Waals surface area contributed by atoms with Gasteiger partial charge < -0.3 is 40.7 Å². The van der Waals surface area contributed by atoms with Crippen LogP contribution in [0.15, 0.2) is 0 Å². The molecule has 0 bridgehead atoms. The van der Waals surface area contributed by atoms with Crippen LogP contribution in [-0.4, -0.2) is 91.5 Å². The first kappa shape index (κ1) is 18.7. The SMILES string of the molecule is CC(=O)N[C@H]1C([C@H](O)[C@H](O)CO)O[C@](O)(C(=O)O)[C@@H](F)C1O. The third-order valence-electron chi connectivity index (χ3n) is 3.31. The smallest absolute Gasteiger partial charge is 0.367 e. The van der Waals surface area contributed by atoms with E-state index in [0.29, 0.717) is 0 Å². The van der Waals surface area contributed by atoms with Crippen LogP contribution in [0.5, 0.6) is 0 Å². The molecule has 0 radical (unpaired) electrons. The van der Waals surface area contributed by atoms with E-state index in [9.17, 15) is 34.4 Å². The molecule has 7 atom stereocenters. The van der Waals surface area contributed by atoms with Gasteiger partial charge in [0.1, 0.15) is 24.4 Å². The van der Waals surface area contributed by atoms with Crippen molar-refractivity contribution < 1.29 is 49.4 Å². The van der Waals surface area contributed by atoms with E-state index in [1.165, 1.54) is 0 Å². The average Bonchev–Trinajstić information content (AvgIpc) is 2.45. The van der Waals surface area contributed by atoms with Gasteiger partial charge in [0.25, 0.3) is 0 Å². The van der Waals surface area contributed by atoms with Crippen molar-refractivity contribution in [2.75, 3.05) is 6.61 Å². The zero-order chi connectivity index (χ0) is 17.2. The fourth-order valence-corrected chi connectivity index (χ4v) is 2.13. The van der Waals surface area contributed by atoms with Gasteiger partial charge in [-0.05, 0) is 0 Å². The molecular formula is C11H18FNO9. The van der Waals surface area contributed by atoms with Crippen LogP contribution in [0.3, 0.4) is 0 Å². The fraction of sp³-hybridized carbons (Fsp3) is 0.818. The lowest BCUT2D eigenvalue weighted by Crippen LogP contribution is -2.72. The predicted octanol–water partition coefficient (Wildman–Crippen LogP) is -3.92. The number of hydrogen-bond donors (Lipinski definition) is 7. The molecular weight excluding hydrogens is 309 g/mol. The van der Waals surface area contributed by atoms with Crippen molar-refractivity contribution in [3.05, 3.63) is 0 Å². The molecule has 1 heterocycles. The number of aliphatic carboxylic acids is 1. The van der Waals surface area contributed by atoms with Crippen molar-refractivity contribution in [2.24, 2.45) is 0 Å². The van der Waals surface area contributed by atoms with Crippen LogP contribution >= 0.6 is 0 Å². The molecule has 7 N–H and O–H groups in total. The summed E-state index contributed by atoms with van der Waals surface area (Å²) in [7, 11) is 0. The van der Waals surface area contributed by atoms with Crippen molar-refractivity contribution in [3.8, 4) is 0 Å². The van der Waals surface area contributed by atoms with Gasteiger partial charge in [-0.15, -0.1) is 0 Å². The van der Waals surface area contributed by atoms with E-state index in [1.807, 2.05) is 5.32 Å². The first-order chi connectivity index (χ1) is 10.1. The normalized spacial score (nSPS) is 38.1. The van der Waals surface area contributed by atoms with Gasteiger partial charge in [-0.25, -0.2) is 9.18 Å². The molecule has 128 valence electrons. The molecule has 0 saturated carbocycles. The lowest BCUT2D eigenvalue weighted by molar-refractivity contribution is -0.320. The Labute approximate surface area is 123 Å². The van der Waals surface area contributed by atoms with E-state index in [-0.39, 0.29) is 0 Å². The van der Waals surface area contributed by atoms with Crippen molar-refractivity contribution in [3.63, 3.8) is 0 Å². The van der Waals surface area contributed by atoms with Gasteiger partial charge in [0, 0.05) is 6.92 Å². The van der Waals surface area contributed by atoms with E-state index < -0.39 is 60.9 Å². The molecule has 10 nitrogen and oxygen atoms in total. The van der Waals surface area contributed by atoms with Gasteiger partial charge in [0.15, 0.2) is 6.17 Å². The van der Waals surface area contributed by atoms with Crippen LogP contribution in [0, 0.1) is 0 Å². The summed E-state index contributed by atoms with van der Waals surface area (Å²) in [4.78, 5) is 22.1. The molecule has 0 spiro atoms. The number of alkyl halides is 1. The highest BCUT2D eigenvalue weighted by Gasteiger charge is 2.61. The largest absolute Gasteiger partial charge is 0.477 e. The molecule has 0 aliphatic carbocycles. The van der Waals surface area contributed by atoms with Crippen LogP contribution in [0.2, 0.25) is 0 Å². The second kappa shape index (κ2) is 6.81. The highest BCUT2D eigenvalue weighted by atomic mass is 19.1. The van der Waals surface area contributed by atoms with Crippen LogP contribution in [-0.2, 0) is 14.3 Å². The average molecular weight is 327 g/mol. The summed E-state index contributed by atoms with van der Waals surface area (Å²) >= 11 is 0. The predicted molar refractivity (Wildman–Crippen MR) is 65.1 cm³/mol. The number of rotatable bonds is 5. The first-order valence-corrected chi connectivity index (χ1v) is 6.26. The summed E-state index contributed by atoms with van der Waals surface area (Å²) in [6, 6.07) is -1.66. The third-order valence-corrected chi connectivity index (χ3v) is 3.31. The van der Waals surface area contributed by atoms with Crippen molar-refractivity contribution >= 4 is 11.9 Å². The maximum absolute atomic E-state index is 13.9. The van der Waals surface area contributed by atoms with Gasteiger partial charge in [0.05, 0.1) is 12.6 Å². The van der Waals surface area contributed by atoms with Crippen LogP contribution in [0.4, 0.5) is 4.39 Å². The van der Waals surface area contributed by atoms with E-state index in [2.05, 4.69) is 4.74 Å². The van der Waals surface area contributed by atoms with Gasteiger partial charge >= 0.3 is 11.8 Å². The Morgan fingerprint density at radius 1 is 1.41 bits per heavy atom. The molecule has 1 rings (SSSR count). The lowest BCUT2D eigenvalue weighted by Gasteiger charge is -2.46. The molecule has 22 heavy (non-hydrogen) atoms. The Bertz CT molecular complexity index is 436. The number of aliphatic hydroxyl groups is 5. The monoisotopic (exact) mass is 327 g/mol. The minimum absolute atomic E-state index is 0.767. The van der Waals surface area contributed by atoms with Crippen molar-refractivity contribution in [1.82, 2.24) is 5.32 Å². The summed E-state index contributed by atoms with van der Waals surface area (Å²) in [5.41, 5.74) is 0. The minimum atomic E-state index is -3.49. The molecule has 0 aromatic heterocycles. The Kier molecular flexibility index (Phi) is 5.78. The van der Waals surface area contributed by atoms with Crippen LogP contribution in [0.1, 0.15) is 6.92 Å². The number of carbonyl (C=O) groups is 2. The summed E-state index contributed by atoms with van der Waals surface area (Å²) in [5, 5.41) is 58.4. The molecule has 1 amide bonds. The Hall–Kier alpha value is -1.37. The molecule has 1 fully saturated rings. The zero-order valence-electron chi connectivity index (χ0n) is 11.5. The molecule has 1 aliphatic heterocycles. The second-order valence-corrected chi connectivity index (χ2v) is 4.94. The van der Waals surface area contributed by atoms with Crippen LogP contribution in [0.25, 0.3) is 0 Å². The number of halogens is 1. The summed E-state index contributed by atoms with van der Waals surface area (Å²) < 4.78 is 18.5. The van der Waals surface area contributed by atoms with Gasteiger partial charge in [-0.2, -0.15) is 0 Å². The Balaban J connectivity index is 3.19. The maximum Gasteiger partial charge on any atom is 0.367 e. The highest BCUT2D eigenvalue weighted by molar-refractivity contribution is 5.77. The summed E-state index contributed by atoms with van der Waals surface area (Å²) in [5.74, 6) is -6.43. The number of nitrogens with one attached hydrogen (secondary N) is 1. The van der Waals surface area contributed by atoms with E-state index in [0.717, 1.165) is 6.92 Å².